The summed E-state index contributed by atoms with van der Waals surface area (Å²) in [7, 11) is 1.57. The van der Waals surface area contributed by atoms with Crippen molar-refractivity contribution in [1.29, 1.82) is 0 Å². The molecule has 0 saturated carbocycles. The zero-order chi connectivity index (χ0) is 13.3. The van der Waals surface area contributed by atoms with Gasteiger partial charge in [-0.2, -0.15) is 0 Å². The topological polar surface area (TPSA) is 29.5 Å². The predicted molar refractivity (Wildman–Crippen MR) is 65.4 cm³/mol. The molecule has 6 heteroatoms. The minimum atomic E-state index is -0.728. The Morgan fingerprint density at radius 1 is 1.44 bits per heavy atom. The molecule has 1 aromatic rings. The monoisotopic (exact) mass is 319 g/mol. The van der Waals surface area contributed by atoms with E-state index in [0.29, 0.717) is 19.5 Å². The third-order valence-corrected chi connectivity index (χ3v) is 3.80. The summed E-state index contributed by atoms with van der Waals surface area (Å²) >= 11 is 2.92. The van der Waals surface area contributed by atoms with Gasteiger partial charge in [-0.3, -0.25) is 4.79 Å². The molecule has 1 heterocycles. The summed E-state index contributed by atoms with van der Waals surface area (Å²) in [5, 5.41) is 0. The summed E-state index contributed by atoms with van der Waals surface area (Å²) in [6.45, 7) is 0.886. The maximum Gasteiger partial charge on any atom is 0.258 e. The van der Waals surface area contributed by atoms with E-state index in [1.165, 1.54) is 4.90 Å². The van der Waals surface area contributed by atoms with Gasteiger partial charge in [0.25, 0.3) is 5.91 Å². The van der Waals surface area contributed by atoms with Gasteiger partial charge in [0.1, 0.15) is 11.6 Å². The number of likely N-dealkylation sites (tertiary alicyclic amines) is 1. The van der Waals surface area contributed by atoms with Crippen molar-refractivity contribution in [1.82, 2.24) is 4.90 Å². The molecular weight excluding hydrogens is 308 g/mol. The lowest BCUT2D eigenvalue weighted by atomic mass is 10.2. The molecule has 1 fully saturated rings. The van der Waals surface area contributed by atoms with Gasteiger partial charge in [0, 0.05) is 20.2 Å². The smallest absolute Gasteiger partial charge is 0.258 e. The lowest BCUT2D eigenvalue weighted by Crippen LogP contribution is -2.31. The predicted octanol–water partition coefficient (Wildman–Crippen LogP) is 2.59. The largest absolute Gasteiger partial charge is 0.380 e. The first-order valence-corrected chi connectivity index (χ1v) is 6.29. The van der Waals surface area contributed by atoms with Crippen LogP contribution in [0.15, 0.2) is 16.6 Å². The lowest BCUT2D eigenvalue weighted by Gasteiger charge is -2.17. The molecule has 1 amide bonds. The van der Waals surface area contributed by atoms with Crippen LogP contribution >= 0.6 is 15.9 Å². The number of carbonyl (C=O) groups is 1. The Morgan fingerprint density at radius 2 is 2.11 bits per heavy atom. The quantitative estimate of drug-likeness (QED) is 0.784. The average molecular weight is 320 g/mol. The molecule has 0 radical (unpaired) electrons. The molecule has 1 atom stereocenters. The zero-order valence-corrected chi connectivity index (χ0v) is 11.3. The Balaban J connectivity index is 2.27. The van der Waals surface area contributed by atoms with Crippen molar-refractivity contribution in [2.45, 2.75) is 12.5 Å². The van der Waals surface area contributed by atoms with E-state index in [4.69, 9.17) is 4.74 Å². The molecule has 1 aliphatic rings. The molecule has 1 saturated heterocycles. The van der Waals surface area contributed by atoms with Crippen molar-refractivity contribution in [2.75, 3.05) is 20.2 Å². The van der Waals surface area contributed by atoms with E-state index >= 15 is 0 Å². The Morgan fingerprint density at radius 3 is 2.72 bits per heavy atom. The zero-order valence-electron chi connectivity index (χ0n) is 9.75. The molecule has 0 aromatic heterocycles. The molecule has 98 valence electrons. The molecule has 2 rings (SSSR count). The number of rotatable bonds is 2. The highest BCUT2D eigenvalue weighted by Gasteiger charge is 2.30. The van der Waals surface area contributed by atoms with E-state index in [2.05, 4.69) is 15.9 Å². The van der Waals surface area contributed by atoms with Crippen LogP contribution in [0.25, 0.3) is 0 Å². The third-order valence-electron chi connectivity index (χ3n) is 3.02. The molecule has 0 bridgehead atoms. The van der Waals surface area contributed by atoms with E-state index < -0.39 is 17.5 Å². The molecule has 0 aliphatic carbocycles. The first-order chi connectivity index (χ1) is 8.54. The highest BCUT2D eigenvalue weighted by Crippen LogP contribution is 2.26. The molecule has 1 aliphatic heterocycles. The fraction of sp³-hybridized carbons (Fsp3) is 0.417. The second kappa shape index (κ2) is 5.32. The van der Waals surface area contributed by atoms with Crippen LogP contribution in [0.4, 0.5) is 8.78 Å². The van der Waals surface area contributed by atoms with Crippen molar-refractivity contribution in [3.8, 4) is 0 Å². The number of carbonyl (C=O) groups excluding carboxylic acids is 1. The van der Waals surface area contributed by atoms with Crippen molar-refractivity contribution >= 4 is 21.8 Å². The number of hydrogen-bond donors (Lipinski definition) is 0. The summed E-state index contributed by atoms with van der Waals surface area (Å²) in [4.78, 5) is 13.6. The van der Waals surface area contributed by atoms with Crippen LogP contribution in [0.5, 0.6) is 0 Å². The number of benzene rings is 1. The van der Waals surface area contributed by atoms with Crippen LogP contribution in [0, 0.1) is 11.6 Å². The molecule has 3 nitrogen and oxygen atoms in total. The summed E-state index contributed by atoms with van der Waals surface area (Å²) in [5.41, 5.74) is -0.258. The van der Waals surface area contributed by atoms with Gasteiger partial charge in [0.15, 0.2) is 0 Å². The minimum Gasteiger partial charge on any atom is -0.380 e. The highest BCUT2D eigenvalue weighted by molar-refractivity contribution is 9.10. The molecular formula is C12H12BrF2NO2. The molecule has 0 N–H and O–H groups in total. The number of methoxy groups -OCH3 is 1. The normalized spacial score (nSPS) is 19.3. The summed E-state index contributed by atoms with van der Waals surface area (Å²) in [5.74, 6) is -1.89. The summed E-state index contributed by atoms with van der Waals surface area (Å²) in [6, 6.07) is 1.94. The number of halogens is 3. The Hall–Kier alpha value is -1.01. The standard InChI is InChI=1S/C12H12BrF2NO2/c1-18-7-4-5-16(6-7)12(17)10-8(14)2-3-9(15)11(10)13/h2-3,7H,4-6H2,1H3. The van der Waals surface area contributed by atoms with E-state index in [1.54, 1.807) is 7.11 Å². The molecule has 1 unspecified atom stereocenters. The Kier molecular flexibility index (Phi) is 3.97. The number of hydrogen-bond acceptors (Lipinski definition) is 2. The van der Waals surface area contributed by atoms with Gasteiger partial charge >= 0.3 is 0 Å². The van der Waals surface area contributed by atoms with Crippen LogP contribution in [-0.4, -0.2) is 37.1 Å². The molecule has 18 heavy (non-hydrogen) atoms. The van der Waals surface area contributed by atoms with Crippen molar-refractivity contribution < 1.29 is 18.3 Å². The lowest BCUT2D eigenvalue weighted by molar-refractivity contribution is 0.0718. The number of ether oxygens (including phenoxy) is 1. The SMILES string of the molecule is COC1CCN(C(=O)c2c(F)ccc(F)c2Br)C1. The molecule has 0 spiro atoms. The average Bonchev–Trinajstić information content (AvgIpc) is 2.83. The van der Waals surface area contributed by atoms with Crippen LogP contribution in [-0.2, 0) is 4.74 Å². The van der Waals surface area contributed by atoms with Gasteiger partial charge in [-0.1, -0.05) is 0 Å². The van der Waals surface area contributed by atoms with Crippen LogP contribution in [0.2, 0.25) is 0 Å². The van der Waals surface area contributed by atoms with Gasteiger partial charge in [0.05, 0.1) is 16.1 Å². The summed E-state index contributed by atoms with van der Waals surface area (Å²) in [6.07, 6.45) is 0.668. The molecule has 1 aromatic carbocycles. The first kappa shape index (κ1) is 13.4. The van der Waals surface area contributed by atoms with Gasteiger partial charge in [-0.05, 0) is 34.5 Å². The Bertz CT molecular complexity index is 481. The maximum atomic E-state index is 13.6. The fourth-order valence-corrected chi connectivity index (χ4v) is 2.48. The van der Waals surface area contributed by atoms with Gasteiger partial charge < -0.3 is 9.64 Å². The first-order valence-electron chi connectivity index (χ1n) is 5.50. The number of amides is 1. The van der Waals surface area contributed by atoms with Crippen LogP contribution < -0.4 is 0 Å². The van der Waals surface area contributed by atoms with Crippen LogP contribution in [0.1, 0.15) is 16.8 Å². The number of nitrogens with zero attached hydrogens (tertiary/aromatic N) is 1. The van der Waals surface area contributed by atoms with Crippen molar-refractivity contribution in [2.24, 2.45) is 0 Å². The van der Waals surface area contributed by atoms with Gasteiger partial charge in [0.2, 0.25) is 0 Å². The van der Waals surface area contributed by atoms with Gasteiger partial charge in [-0.15, -0.1) is 0 Å². The second-order valence-electron chi connectivity index (χ2n) is 4.12. The fourth-order valence-electron chi connectivity index (χ4n) is 1.99. The maximum absolute atomic E-state index is 13.6. The highest BCUT2D eigenvalue weighted by atomic mass is 79.9. The van der Waals surface area contributed by atoms with Crippen molar-refractivity contribution in [3.63, 3.8) is 0 Å². The van der Waals surface area contributed by atoms with E-state index in [-0.39, 0.29) is 16.1 Å². The third kappa shape index (κ3) is 2.40. The second-order valence-corrected chi connectivity index (χ2v) is 4.91. The van der Waals surface area contributed by atoms with Gasteiger partial charge in [-0.25, -0.2) is 8.78 Å². The van der Waals surface area contributed by atoms with E-state index in [0.717, 1.165) is 12.1 Å². The van der Waals surface area contributed by atoms with Crippen LogP contribution in [0.3, 0.4) is 0 Å². The summed E-state index contributed by atoms with van der Waals surface area (Å²) < 4.78 is 32.0. The van der Waals surface area contributed by atoms with Crippen molar-refractivity contribution in [3.05, 3.63) is 33.8 Å². The minimum absolute atomic E-state index is 0.0376. The Labute approximate surface area is 112 Å². The van der Waals surface area contributed by atoms with E-state index in [9.17, 15) is 13.6 Å². The van der Waals surface area contributed by atoms with E-state index in [1.807, 2.05) is 0 Å².